The Morgan fingerprint density at radius 2 is 1.57 bits per heavy atom. The summed E-state index contributed by atoms with van der Waals surface area (Å²) in [5.74, 6) is -2.00. The molecule has 0 bridgehead atoms. The van der Waals surface area contributed by atoms with Gasteiger partial charge in [-0.3, -0.25) is 14.4 Å². The molecule has 0 spiro atoms. The number of nitrogens with zero attached hydrogens (tertiary/aromatic N) is 1. The molecule has 10 nitrogen and oxygen atoms in total. The number of alkyl halides is 3. The first-order valence-corrected chi connectivity index (χ1v) is 17.3. The Morgan fingerprint density at radius 3 is 2.18 bits per heavy atom. The second kappa shape index (κ2) is 16.2. The molecule has 262 valence electrons. The first kappa shape index (κ1) is 37.3. The molecule has 3 amide bonds. The standard InChI is InChI=1S/C35H39F3N4O6S/c1-3-13-42(14-4-2)34(46)27-18-25(31-20-32(44)41-49(31,47)48)17-26(19-27)33(45)40-29(16-23-9-6-5-7-10-23)30(43)22-39-21-24-11-8-12-28(15-24)35(36,37)38/h5-12,15,17-20,29-30,39,43H,3-4,13-14,16,21-22H2,1-2H3,(H,40,45)(H,41,44)/t29-,30+/m0/s1. The van der Waals surface area contributed by atoms with Gasteiger partial charge in [0.05, 0.1) is 17.7 Å². The lowest BCUT2D eigenvalue weighted by Crippen LogP contribution is -2.48. The van der Waals surface area contributed by atoms with Gasteiger partial charge >= 0.3 is 6.18 Å². The molecular weight excluding hydrogens is 661 g/mol. The fraction of sp³-hybridized carbons (Fsp3) is 0.343. The highest BCUT2D eigenvalue weighted by atomic mass is 32.2. The summed E-state index contributed by atoms with van der Waals surface area (Å²) in [5, 5.41) is 17.0. The average Bonchev–Trinajstić information content (AvgIpc) is 3.35. The van der Waals surface area contributed by atoms with Crippen LogP contribution < -0.4 is 15.4 Å². The molecule has 1 aliphatic rings. The Bertz CT molecular complexity index is 1790. The van der Waals surface area contributed by atoms with Gasteiger partial charge < -0.3 is 20.6 Å². The number of rotatable bonds is 15. The van der Waals surface area contributed by atoms with Crippen LogP contribution in [0.2, 0.25) is 0 Å². The van der Waals surface area contributed by atoms with Crippen molar-refractivity contribution in [3.63, 3.8) is 0 Å². The normalized spacial score (nSPS) is 15.2. The van der Waals surface area contributed by atoms with Gasteiger partial charge in [-0.1, -0.05) is 62.4 Å². The number of halogens is 3. The molecule has 0 aromatic heterocycles. The highest BCUT2D eigenvalue weighted by Crippen LogP contribution is 2.30. The summed E-state index contributed by atoms with van der Waals surface area (Å²) in [6.07, 6.45) is -3.34. The maximum Gasteiger partial charge on any atom is 0.416 e. The smallest absolute Gasteiger partial charge is 0.390 e. The van der Waals surface area contributed by atoms with Gasteiger partial charge in [-0.05, 0) is 60.2 Å². The Morgan fingerprint density at radius 1 is 0.918 bits per heavy atom. The molecule has 0 saturated carbocycles. The Balaban J connectivity index is 1.63. The van der Waals surface area contributed by atoms with E-state index >= 15 is 0 Å². The van der Waals surface area contributed by atoms with Crippen molar-refractivity contribution < 1.29 is 41.1 Å². The van der Waals surface area contributed by atoms with E-state index < -0.39 is 56.5 Å². The van der Waals surface area contributed by atoms with Crippen LogP contribution >= 0.6 is 0 Å². The summed E-state index contributed by atoms with van der Waals surface area (Å²) in [6.45, 7) is 4.59. The van der Waals surface area contributed by atoms with Crippen molar-refractivity contribution in [1.82, 2.24) is 20.3 Å². The third-order valence-corrected chi connectivity index (χ3v) is 9.21. The number of hydrogen-bond acceptors (Lipinski definition) is 7. The zero-order valence-electron chi connectivity index (χ0n) is 27.1. The number of carbonyl (C=O) groups is 3. The van der Waals surface area contributed by atoms with Crippen molar-refractivity contribution in [2.45, 2.75) is 58.0 Å². The quantitative estimate of drug-likeness (QED) is 0.186. The van der Waals surface area contributed by atoms with Gasteiger partial charge in [0.2, 0.25) is 0 Å². The van der Waals surface area contributed by atoms with E-state index in [2.05, 4.69) is 10.6 Å². The largest absolute Gasteiger partial charge is 0.416 e. The number of sulfonamides is 1. The zero-order chi connectivity index (χ0) is 35.8. The van der Waals surface area contributed by atoms with Gasteiger partial charge in [-0.25, -0.2) is 13.1 Å². The molecular formula is C35H39F3N4O6S. The van der Waals surface area contributed by atoms with Crippen LogP contribution in [-0.2, 0) is 34.0 Å². The fourth-order valence-corrected chi connectivity index (χ4v) is 6.61. The van der Waals surface area contributed by atoms with E-state index in [1.807, 2.05) is 18.6 Å². The van der Waals surface area contributed by atoms with Gasteiger partial charge in [0.15, 0.2) is 0 Å². The van der Waals surface area contributed by atoms with Crippen LogP contribution in [0.4, 0.5) is 13.2 Å². The monoisotopic (exact) mass is 700 g/mol. The molecule has 1 heterocycles. The second-order valence-corrected chi connectivity index (χ2v) is 13.4. The minimum atomic E-state index is -4.50. The van der Waals surface area contributed by atoms with Gasteiger partial charge in [0.25, 0.3) is 27.7 Å². The molecule has 0 radical (unpaired) electrons. The van der Waals surface area contributed by atoms with Gasteiger partial charge in [0.1, 0.15) is 4.91 Å². The maximum absolute atomic E-state index is 13.8. The molecule has 0 unspecified atom stereocenters. The van der Waals surface area contributed by atoms with Gasteiger partial charge in [0, 0.05) is 43.4 Å². The Kier molecular flexibility index (Phi) is 12.4. The van der Waals surface area contributed by atoms with Crippen LogP contribution in [0, 0.1) is 0 Å². The third kappa shape index (κ3) is 10.00. The van der Waals surface area contributed by atoms with Crippen molar-refractivity contribution in [2.75, 3.05) is 19.6 Å². The summed E-state index contributed by atoms with van der Waals surface area (Å²) in [7, 11) is -4.24. The molecule has 4 N–H and O–H groups in total. The number of aliphatic hydroxyl groups excluding tert-OH is 1. The van der Waals surface area contributed by atoms with Crippen LogP contribution in [0.3, 0.4) is 0 Å². The SMILES string of the molecule is CCCN(CCC)C(=O)c1cc(C(=O)N[C@@H](Cc2ccccc2)[C@H](O)CNCc2cccc(C(F)(F)F)c2)cc(C2=CC(=O)NS2(=O)=O)c1. The lowest BCUT2D eigenvalue weighted by atomic mass is 9.99. The molecule has 1 aliphatic heterocycles. The lowest BCUT2D eigenvalue weighted by molar-refractivity contribution is -0.137. The molecule has 3 aromatic carbocycles. The van der Waals surface area contributed by atoms with E-state index in [1.165, 1.54) is 30.3 Å². The van der Waals surface area contributed by atoms with E-state index in [-0.39, 0.29) is 36.2 Å². The predicted molar refractivity (Wildman–Crippen MR) is 179 cm³/mol. The van der Waals surface area contributed by atoms with E-state index in [9.17, 15) is 41.1 Å². The summed E-state index contributed by atoms with van der Waals surface area (Å²) in [4.78, 5) is 40.6. The minimum Gasteiger partial charge on any atom is -0.390 e. The number of amides is 3. The molecule has 49 heavy (non-hydrogen) atoms. The Hall–Kier alpha value is -4.53. The first-order chi connectivity index (χ1) is 23.2. The molecule has 3 aromatic rings. The first-order valence-electron chi connectivity index (χ1n) is 15.8. The van der Waals surface area contributed by atoms with Gasteiger partial charge in [-0.2, -0.15) is 13.2 Å². The minimum absolute atomic E-state index is 0.0167. The van der Waals surface area contributed by atoms with Crippen LogP contribution in [-0.4, -0.2) is 67.9 Å². The molecule has 0 fully saturated rings. The van der Waals surface area contributed by atoms with E-state index in [1.54, 1.807) is 35.2 Å². The van der Waals surface area contributed by atoms with Crippen molar-refractivity contribution in [3.05, 3.63) is 112 Å². The lowest BCUT2D eigenvalue weighted by Gasteiger charge is -2.26. The van der Waals surface area contributed by atoms with E-state index in [0.29, 0.717) is 31.5 Å². The van der Waals surface area contributed by atoms with Crippen LogP contribution in [0.1, 0.15) is 69.7 Å². The predicted octanol–water partition coefficient (Wildman–Crippen LogP) is 4.26. The number of nitrogens with one attached hydrogen (secondary N) is 3. The highest BCUT2D eigenvalue weighted by molar-refractivity contribution is 7.99. The van der Waals surface area contributed by atoms with Crippen molar-refractivity contribution in [1.29, 1.82) is 0 Å². The average molecular weight is 701 g/mol. The maximum atomic E-state index is 13.8. The summed E-state index contributed by atoms with van der Waals surface area (Å²) in [6, 6.07) is 16.8. The Labute approximate surface area is 283 Å². The van der Waals surface area contributed by atoms with Gasteiger partial charge in [-0.15, -0.1) is 0 Å². The van der Waals surface area contributed by atoms with Crippen molar-refractivity contribution >= 4 is 32.6 Å². The molecule has 4 rings (SSSR count). The molecule has 2 atom stereocenters. The topological polar surface area (TPSA) is 145 Å². The summed E-state index contributed by atoms with van der Waals surface area (Å²) < 4.78 is 66.8. The van der Waals surface area contributed by atoms with Crippen LogP contribution in [0.25, 0.3) is 4.91 Å². The fourth-order valence-electron chi connectivity index (χ4n) is 5.48. The number of aliphatic hydroxyl groups is 1. The van der Waals surface area contributed by atoms with Crippen molar-refractivity contribution in [3.8, 4) is 0 Å². The van der Waals surface area contributed by atoms with Crippen LogP contribution in [0.5, 0.6) is 0 Å². The molecule has 14 heteroatoms. The van der Waals surface area contributed by atoms with E-state index in [0.717, 1.165) is 23.8 Å². The molecule has 0 saturated heterocycles. The molecule has 0 aliphatic carbocycles. The zero-order valence-corrected chi connectivity index (χ0v) is 27.9. The summed E-state index contributed by atoms with van der Waals surface area (Å²) in [5.41, 5.74) is 0.259. The number of benzene rings is 3. The number of hydrogen-bond donors (Lipinski definition) is 4. The van der Waals surface area contributed by atoms with E-state index in [4.69, 9.17) is 0 Å². The van der Waals surface area contributed by atoms with Crippen molar-refractivity contribution in [2.24, 2.45) is 0 Å². The number of carbonyl (C=O) groups excluding carboxylic acids is 3. The van der Waals surface area contributed by atoms with Crippen LogP contribution in [0.15, 0.2) is 78.9 Å². The second-order valence-electron chi connectivity index (χ2n) is 11.7. The third-order valence-electron chi connectivity index (χ3n) is 7.80. The highest BCUT2D eigenvalue weighted by Gasteiger charge is 2.32. The summed E-state index contributed by atoms with van der Waals surface area (Å²) >= 11 is 0.